The summed E-state index contributed by atoms with van der Waals surface area (Å²) in [6, 6.07) is 6.21. The molecule has 116 valence electrons. The maximum atomic E-state index is 12.0. The first-order valence-electron chi connectivity index (χ1n) is 6.65. The molecule has 1 atom stereocenters. The second-order valence-corrected chi connectivity index (χ2v) is 5.59. The molecule has 1 rings (SSSR count). The fraction of sp³-hybridized carbons (Fsp3) is 0.467. The minimum atomic E-state index is -0.707. The summed E-state index contributed by atoms with van der Waals surface area (Å²) in [6.07, 6.45) is -0.625. The fourth-order valence-corrected chi connectivity index (χ4v) is 1.47. The maximum absolute atomic E-state index is 12.0. The van der Waals surface area contributed by atoms with E-state index in [1.807, 2.05) is 0 Å². The molecule has 0 fully saturated rings. The van der Waals surface area contributed by atoms with Crippen LogP contribution in [0.1, 0.15) is 27.7 Å². The summed E-state index contributed by atoms with van der Waals surface area (Å²) in [5, 5.41) is 5.18. The van der Waals surface area contributed by atoms with Crippen molar-refractivity contribution >= 4 is 17.7 Å². The molecule has 0 aromatic heterocycles. The summed E-state index contributed by atoms with van der Waals surface area (Å²) >= 11 is 0. The molecule has 0 bridgehead atoms. The van der Waals surface area contributed by atoms with Crippen molar-refractivity contribution in [1.29, 1.82) is 0 Å². The molecule has 1 aromatic carbocycles. The average molecular weight is 294 g/mol. The molecule has 0 heterocycles. The van der Waals surface area contributed by atoms with Gasteiger partial charge in [-0.25, -0.2) is 4.79 Å². The molecule has 0 spiro atoms. The molecule has 0 saturated carbocycles. The van der Waals surface area contributed by atoms with Gasteiger partial charge in [0, 0.05) is 5.69 Å². The summed E-state index contributed by atoms with van der Waals surface area (Å²) in [7, 11) is 1.57. The monoisotopic (exact) mass is 294 g/mol. The van der Waals surface area contributed by atoms with E-state index in [2.05, 4.69) is 10.6 Å². The smallest absolute Gasteiger partial charge is 0.408 e. The molecule has 0 unspecified atom stereocenters. The van der Waals surface area contributed by atoms with Gasteiger partial charge in [-0.3, -0.25) is 4.79 Å². The molecule has 0 radical (unpaired) electrons. The maximum Gasteiger partial charge on any atom is 0.408 e. The highest BCUT2D eigenvalue weighted by Gasteiger charge is 2.20. The van der Waals surface area contributed by atoms with Crippen LogP contribution in [-0.4, -0.2) is 30.8 Å². The Morgan fingerprint density at radius 2 is 1.71 bits per heavy atom. The Labute approximate surface area is 124 Å². The number of carbonyl (C=O) groups is 2. The first kappa shape index (κ1) is 16.8. The van der Waals surface area contributed by atoms with Gasteiger partial charge < -0.3 is 20.1 Å². The third kappa shape index (κ3) is 6.16. The lowest BCUT2D eigenvalue weighted by Crippen LogP contribution is -2.43. The zero-order valence-corrected chi connectivity index (χ0v) is 13.0. The SMILES string of the molecule is COc1ccc(NC(=O)[C@H](C)NC(=O)OC(C)(C)C)cc1. The minimum absolute atomic E-state index is 0.328. The van der Waals surface area contributed by atoms with Crippen LogP contribution in [0.25, 0.3) is 0 Å². The zero-order valence-electron chi connectivity index (χ0n) is 13.0. The van der Waals surface area contributed by atoms with Crippen molar-refractivity contribution in [1.82, 2.24) is 5.32 Å². The van der Waals surface area contributed by atoms with E-state index >= 15 is 0 Å². The van der Waals surface area contributed by atoms with Gasteiger partial charge in [0.15, 0.2) is 0 Å². The van der Waals surface area contributed by atoms with Gasteiger partial charge in [0.1, 0.15) is 17.4 Å². The van der Waals surface area contributed by atoms with Crippen LogP contribution in [0.4, 0.5) is 10.5 Å². The van der Waals surface area contributed by atoms with Crippen molar-refractivity contribution < 1.29 is 19.1 Å². The molecule has 0 saturated heterocycles. The third-order valence-corrected chi connectivity index (χ3v) is 2.48. The number of methoxy groups -OCH3 is 1. The van der Waals surface area contributed by atoms with Crippen LogP contribution in [0.3, 0.4) is 0 Å². The largest absolute Gasteiger partial charge is 0.497 e. The lowest BCUT2D eigenvalue weighted by Gasteiger charge is -2.21. The molecule has 2 amide bonds. The number of ether oxygens (including phenoxy) is 2. The summed E-state index contributed by atoms with van der Waals surface area (Å²) in [5.74, 6) is 0.374. The van der Waals surface area contributed by atoms with E-state index in [9.17, 15) is 9.59 Å². The number of benzene rings is 1. The van der Waals surface area contributed by atoms with Crippen molar-refractivity contribution in [2.75, 3.05) is 12.4 Å². The highest BCUT2D eigenvalue weighted by molar-refractivity contribution is 5.96. The van der Waals surface area contributed by atoms with Crippen LogP contribution in [0.5, 0.6) is 5.75 Å². The third-order valence-electron chi connectivity index (χ3n) is 2.48. The van der Waals surface area contributed by atoms with Gasteiger partial charge >= 0.3 is 6.09 Å². The highest BCUT2D eigenvalue weighted by atomic mass is 16.6. The fourth-order valence-electron chi connectivity index (χ4n) is 1.47. The van der Waals surface area contributed by atoms with E-state index in [0.717, 1.165) is 0 Å². The Kier molecular flexibility index (Phi) is 5.58. The number of alkyl carbamates (subject to hydrolysis) is 1. The molecule has 1 aromatic rings. The van der Waals surface area contributed by atoms with E-state index < -0.39 is 17.7 Å². The second-order valence-electron chi connectivity index (χ2n) is 5.59. The van der Waals surface area contributed by atoms with E-state index in [4.69, 9.17) is 9.47 Å². The van der Waals surface area contributed by atoms with Crippen molar-refractivity contribution in [2.45, 2.75) is 39.3 Å². The first-order valence-corrected chi connectivity index (χ1v) is 6.65. The topological polar surface area (TPSA) is 76.7 Å². The van der Waals surface area contributed by atoms with Crippen molar-refractivity contribution in [3.8, 4) is 5.75 Å². The van der Waals surface area contributed by atoms with E-state index in [1.165, 1.54) is 0 Å². The highest BCUT2D eigenvalue weighted by Crippen LogP contribution is 2.15. The van der Waals surface area contributed by atoms with Crippen molar-refractivity contribution in [3.05, 3.63) is 24.3 Å². The quantitative estimate of drug-likeness (QED) is 0.894. The van der Waals surface area contributed by atoms with E-state index in [1.54, 1.807) is 59.1 Å². The first-order chi connectivity index (χ1) is 9.71. The van der Waals surface area contributed by atoms with E-state index in [0.29, 0.717) is 11.4 Å². The summed E-state index contributed by atoms with van der Waals surface area (Å²) < 4.78 is 10.1. The lowest BCUT2D eigenvalue weighted by atomic mass is 10.2. The molecular weight excluding hydrogens is 272 g/mol. The summed E-state index contributed by atoms with van der Waals surface area (Å²) in [4.78, 5) is 23.5. The van der Waals surface area contributed by atoms with Gasteiger partial charge in [0.05, 0.1) is 7.11 Å². The van der Waals surface area contributed by atoms with Crippen LogP contribution < -0.4 is 15.4 Å². The molecular formula is C15H22N2O4. The van der Waals surface area contributed by atoms with Crippen LogP contribution in [0.15, 0.2) is 24.3 Å². The minimum Gasteiger partial charge on any atom is -0.497 e. The standard InChI is InChI=1S/C15H22N2O4/c1-10(16-14(19)21-15(2,3)4)13(18)17-11-6-8-12(20-5)9-7-11/h6-10H,1-5H3,(H,16,19)(H,17,18)/t10-/m0/s1. The number of hydrogen-bond donors (Lipinski definition) is 2. The lowest BCUT2D eigenvalue weighted by molar-refractivity contribution is -0.117. The normalized spacial score (nSPS) is 12.2. The number of amides is 2. The molecule has 0 aliphatic rings. The van der Waals surface area contributed by atoms with Gasteiger partial charge in [0.2, 0.25) is 5.91 Å². The Hall–Kier alpha value is -2.24. The van der Waals surface area contributed by atoms with Crippen LogP contribution in [-0.2, 0) is 9.53 Å². The molecule has 0 aliphatic carbocycles. The van der Waals surface area contributed by atoms with Crippen molar-refractivity contribution in [2.24, 2.45) is 0 Å². The molecule has 2 N–H and O–H groups in total. The number of nitrogens with one attached hydrogen (secondary N) is 2. The Morgan fingerprint density at radius 3 is 2.19 bits per heavy atom. The summed E-state index contributed by atoms with van der Waals surface area (Å²) in [5.41, 5.74) is 0.0228. The number of rotatable bonds is 4. The molecule has 21 heavy (non-hydrogen) atoms. The van der Waals surface area contributed by atoms with Crippen LogP contribution >= 0.6 is 0 Å². The number of carbonyl (C=O) groups excluding carboxylic acids is 2. The number of hydrogen-bond acceptors (Lipinski definition) is 4. The predicted molar refractivity (Wildman–Crippen MR) is 80.5 cm³/mol. The molecule has 0 aliphatic heterocycles. The second kappa shape index (κ2) is 6.97. The Bertz CT molecular complexity index is 491. The van der Waals surface area contributed by atoms with Gasteiger partial charge in [-0.05, 0) is 52.0 Å². The average Bonchev–Trinajstić information content (AvgIpc) is 2.37. The number of anilines is 1. The molecule has 6 nitrogen and oxygen atoms in total. The van der Waals surface area contributed by atoms with Gasteiger partial charge in [-0.15, -0.1) is 0 Å². The van der Waals surface area contributed by atoms with Gasteiger partial charge in [-0.1, -0.05) is 0 Å². The predicted octanol–water partition coefficient (Wildman–Crippen LogP) is 2.55. The van der Waals surface area contributed by atoms with E-state index in [-0.39, 0.29) is 5.91 Å². The summed E-state index contributed by atoms with van der Waals surface area (Å²) in [6.45, 7) is 6.86. The van der Waals surface area contributed by atoms with Crippen LogP contribution in [0.2, 0.25) is 0 Å². The van der Waals surface area contributed by atoms with Gasteiger partial charge in [-0.2, -0.15) is 0 Å². The Morgan fingerprint density at radius 1 is 1.14 bits per heavy atom. The Balaban J connectivity index is 2.52. The van der Waals surface area contributed by atoms with Crippen LogP contribution in [0, 0.1) is 0 Å². The molecule has 6 heteroatoms. The zero-order chi connectivity index (χ0) is 16.0. The van der Waals surface area contributed by atoms with Crippen molar-refractivity contribution in [3.63, 3.8) is 0 Å². The van der Waals surface area contributed by atoms with Gasteiger partial charge in [0.25, 0.3) is 0 Å².